The molecule has 1 aliphatic heterocycles. The molecule has 0 saturated carbocycles. The monoisotopic (exact) mass is 381 g/mol. The predicted molar refractivity (Wildman–Crippen MR) is 111 cm³/mol. The Balaban J connectivity index is 1.92. The van der Waals surface area contributed by atoms with Crippen LogP contribution in [0.3, 0.4) is 0 Å². The standard InChI is InChI=1S/C19H32ClN3OSi/c1-18(2,3)25(4,5)24-13-9-8-12-19(20)17(22)16(21)14-10-6-7-11-15(14)23-19/h6-7,10-11,23H,8-9,12-13,21-22H2,1-5H3. The van der Waals surface area contributed by atoms with E-state index < -0.39 is 13.3 Å². The van der Waals surface area contributed by atoms with Gasteiger partial charge in [0.15, 0.2) is 13.3 Å². The lowest BCUT2D eigenvalue weighted by atomic mass is 9.95. The number of nitrogens with two attached hydrogens (primary N) is 2. The molecule has 0 aliphatic carbocycles. The highest BCUT2D eigenvalue weighted by Crippen LogP contribution is 2.40. The first-order valence-corrected chi connectivity index (χ1v) is 12.2. The lowest BCUT2D eigenvalue weighted by Gasteiger charge is -2.37. The van der Waals surface area contributed by atoms with Crippen LogP contribution < -0.4 is 16.8 Å². The lowest BCUT2D eigenvalue weighted by Crippen LogP contribution is -2.43. The molecular formula is C19H32ClN3OSi. The third kappa shape index (κ3) is 4.33. The first-order chi connectivity index (χ1) is 11.5. The fraction of sp³-hybridized carbons (Fsp3) is 0.579. The van der Waals surface area contributed by atoms with Gasteiger partial charge in [0, 0.05) is 17.9 Å². The Morgan fingerprint density at radius 3 is 2.44 bits per heavy atom. The van der Waals surface area contributed by atoms with Crippen molar-refractivity contribution < 1.29 is 4.43 Å². The second-order valence-corrected chi connectivity index (χ2v) is 13.8. The molecule has 140 valence electrons. The van der Waals surface area contributed by atoms with Gasteiger partial charge in [-0.2, -0.15) is 0 Å². The van der Waals surface area contributed by atoms with Crippen LogP contribution in [0.5, 0.6) is 0 Å². The molecule has 0 bridgehead atoms. The molecule has 4 nitrogen and oxygen atoms in total. The molecular weight excluding hydrogens is 350 g/mol. The van der Waals surface area contributed by atoms with E-state index in [-0.39, 0.29) is 5.04 Å². The minimum absolute atomic E-state index is 0.233. The third-order valence-corrected chi connectivity index (χ3v) is 10.5. The average Bonchev–Trinajstić information content (AvgIpc) is 2.51. The Labute approximate surface area is 158 Å². The van der Waals surface area contributed by atoms with Crippen LogP contribution in [0, 0.1) is 0 Å². The lowest BCUT2D eigenvalue weighted by molar-refractivity contribution is 0.276. The van der Waals surface area contributed by atoms with Crippen LogP contribution in [0.15, 0.2) is 30.0 Å². The van der Waals surface area contributed by atoms with Gasteiger partial charge < -0.3 is 21.2 Å². The van der Waals surface area contributed by atoms with Gasteiger partial charge in [-0.15, -0.1) is 0 Å². The second kappa shape index (κ2) is 7.21. The maximum atomic E-state index is 6.78. The van der Waals surface area contributed by atoms with E-state index in [0.717, 1.165) is 30.7 Å². The van der Waals surface area contributed by atoms with Crippen molar-refractivity contribution in [2.45, 2.75) is 63.2 Å². The highest BCUT2D eigenvalue weighted by molar-refractivity contribution is 6.74. The van der Waals surface area contributed by atoms with Crippen molar-refractivity contribution in [1.82, 2.24) is 0 Å². The van der Waals surface area contributed by atoms with E-state index >= 15 is 0 Å². The maximum absolute atomic E-state index is 6.78. The highest BCUT2D eigenvalue weighted by atomic mass is 35.5. The second-order valence-electron chi connectivity index (χ2n) is 8.36. The molecule has 1 unspecified atom stereocenters. The van der Waals surface area contributed by atoms with Gasteiger partial charge in [0.2, 0.25) is 0 Å². The summed E-state index contributed by atoms with van der Waals surface area (Å²) in [5, 5.41) is 3.59. The topological polar surface area (TPSA) is 73.3 Å². The van der Waals surface area contributed by atoms with Crippen LogP contribution in [-0.4, -0.2) is 19.9 Å². The van der Waals surface area contributed by atoms with Gasteiger partial charge >= 0.3 is 0 Å². The fourth-order valence-corrected chi connectivity index (χ4v) is 4.10. The van der Waals surface area contributed by atoms with Gasteiger partial charge in [-0.3, -0.25) is 0 Å². The van der Waals surface area contributed by atoms with Crippen LogP contribution in [0.1, 0.15) is 45.6 Å². The van der Waals surface area contributed by atoms with Gasteiger partial charge in [-0.1, -0.05) is 50.6 Å². The Bertz CT molecular complexity index is 654. The molecule has 6 heteroatoms. The zero-order valence-corrected chi connectivity index (χ0v) is 17.8. The predicted octanol–water partition coefficient (Wildman–Crippen LogP) is 4.83. The summed E-state index contributed by atoms with van der Waals surface area (Å²) in [6.45, 7) is 12.1. The number of hydrogen-bond donors (Lipinski definition) is 3. The zero-order valence-electron chi connectivity index (χ0n) is 16.1. The van der Waals surface area contributed by atoms with Gasteiger partial charge in [0.1, 0.15) is 0 Å². The van der Waals surface area contributed by atoms with E-state index in [2.05, 4.69) is 39.2 Å². The minimum atomic E-state index is -1.69. The van der Waals surface area contributed by atoms with E-state index in [1.807, 2.05) is 24.3 Å². The molecule has 5 N–H and O–H groups in total. The van der Waals surface area contributed by atoms with Crippen LogP contribution in [0.2, 0.25) is 18.1 Å². The van der Waals surface area contributed by atoms with E-state index in [9.17, 15) is 0 Å². The molecule has 25 heavy (non-hydrogen) atoms. The Morgan fingerprint density at radius 2 is 1.80 bits per heavy atom. The number of hydrogen-bond acceptors (Lipinski definition) is 4. The molecule has 0 amide bonds. The molecule has 1 aromatic carbocycles. The van der Waals surface area contributed by atoms with E-state index in [4.69, 9.17) is 27.5 Å². The SMILES string of the molecule is CC(C)(C)[Si](C)(C)OCCCCC1(Cl)Nc2ccccc2C(N)=C1N. The summed E-state index contributed by atoms with van der Waals surface area (Å²) in [5.41, 5.74) is 15.4. The first kappa shape index (κ1) is 20.1. The Kier molecular flexibility index (Phi) is 5.81. The Hall–Kier alpha value is -1.17. The molecule has 1 heterocycles. The molecule has 0 radical (unpaired) electrons. The Morgan fingerprint density at radius 1 is 1.16 bits per heavy atom. The van der Waals surface area contributed by atoms with Crippen molar-refractivity contribution in [2.75, 3.05) is 11.9 Å². The summed E-state index contributed by atoms with van der Waals surface area (Å²) in [6.07, 6.45) is 2.58. The normalized spacial score (nSPS) is 21.0. The first-order valence-electron chi connectivity index (χ1n) is 8.94. The number of fused-ring (bicyclic) bond motifs is 1. The quantitative estimate of drug-likeness (QED) is 0.285. The summed E-state index contributed by atoms with van der Waals surface area (Å²) in [5.74, 6) is 0. The molecule has 0 saturated heterocycles. The number of nitrogens with one attached hydrogen (secondary N) is 1. The zero-order chi connectivity index (χ0) is 18.9. The highest BCUT2D eigenvalue weighted by Gasteiger charge is 2.38. The van der Waals surface area contributed by atoms with Crippen molar-refractivity contribution in [3.05, 3.63) is 35.5 Å². The van der Waals surface area contributed by atoms with E-state index in [1.54, 1.807) is 0 Å². The number of halogens is 1. The molecule has 1 aliphatic rings. The largest absolute Gasteiger partial charge is 0.417 e. The van der Waals surface area contributed by atoms with Gasteiger partial charge in [-0.05, 0) is 43.5 Å². The van der Waals surface area contributed by atoms with Crippen LogP contribution in [0.25, 0.3) is 5.70 Å². The average molecular weight is 382 g/mol. The number of alkyl halides is 1. The molecule has 1 atom stereocenters. The molecule has 2 rings (SSSR count). The maximum Gasteiger partial charge on any atom is 0.191 e. The summed E-state index contributed by atoms with van der Waals surface area (Å²) in [7, 11) is -1.69. The van der Waals surface area contributed by atoms with Gasteiger partial charge in [0.05, 0.1) is 11.4 Å². The number of anilines is 1. The van der Waals surface area contributed by atoms with Crippen molar-refractivity contribution in [2.24, 2.45) is 11.5 Å². The number of para-hydroxylation sites is 1. The third-order valence-electron chi connectivity index (χ3n) is 5.45. The van der Waals surface area contributed by atoms with Crippen LogP contribution >= 0.6 is 11.6 Å². The van der Waals surface area contributed by atoms with Crippen molar-refractivity contribution in [1.29, 1.82) is 0 Å². The molecule has 0 fully saturated rings. The molecule has 1 aromatic rings. The molecule has 0 aromatic heterocycles. The van der Waals surface area contributed by atoms with Crippen molar-refractivity contribution in [3.63, 3.8) is 0 Å². The van der Waals surface area contributed by atoms with Crippen molar-refractivity contribution in [3.8, 4) is 0 Å². The van der Waals surface area contributed by atoms with Crippen molar-refractivity contribution >= 4 is 31.3 Å². The minimum Gasteiger partial charge on any atom is -0.417 e. The van der Waals surface area contributed by atoms with E-state index in [0.29, 0.717) is 17.8 Å². The van der Waals surface area contributed by atoms with E-state index in [1.165, 1.54) is 0 Å². The molecule has 0 spiro atoms. The fourth-order valence-electron chi connectivity index (χ4n) is 2.68. The smallest absolute Gasteiger partial charge is 0.191 e. The summed E-state index contributed by atoms with van der Waals surface area (Å²) >= 11 is 6.78. The summed E-state index contributed by atoms with van der Waals surface area (Å²) in [6, 6.07) is 7.84. The number of benzene rings is 1. The van der Waals surface area contributed by atoms with Crippen LogP contribution in [-0.2, 0) is 4.43 Å². The summed E-state index contributed by atoms with van der Waals surface area (Å²) < 4.78 is 6.23. The number of rotatable bonds is 6. The van der Waals surface area contributed by atoms with Gasteiger partial charge in [-0.25, -0.2) is 0 Å². The summed E-state index contributed by atoms with van der Waals surface area (Å²) in [4.78, 5) is -0.824. The van der Waals surface area contributed by atoms with Gasteiger partial charge in [0.25, 0.3) is 0 Å². The van der Waals surface area contributed by atoms with Crippen LogP contribution in [0.4, 0.5) is 5.69 Å². The number of unbranched alkanes of at least 4 members (excludes halogenated alkanes) is 1.